The molecule has 0 amide bonds. The molecule has 0 N–H and O–H groups in total. The first-order chi connectivity index (χ1) is 6.15. The Labute approximate surface area is 90.3 Å². The van der Waals surface area contributed by atoms with E-state index in [9.17, 15) is 0 Å². The van der Waals surface area contributed by atoms with E-state index in [1.54, 1.807) is 6.08 Å². The molecule has 13 heavy (non-hydrogen) atoms. The standard InChI is InChI=1S/C7H5Cl3N2O/c1-2-3-13-7-11-5(9)4(8)6(10)12-7/h2H,1,3H2. The molecule has 0 aliphatic rings. The summed E-state index contributed by atoms with van der Waals surface area (Å²) in [6, 6.07) is 0.0827. The van der Waals surface area contributed by atoms with Crippen molar-refractivity contribution in [3.8, 4) is 6.01 Å². The van der Waals surface area contributed by atoms with Gasteiger partial charge in [0.15, 0.2) is 10.3 Å². The summed E-state index contributed by atoms with van der Waals surface area (Å²) in [5.41, 5.74) is 0. The van der Waals surface area contributed by atoms with Gasteiger partial charge >= 0.3 is 6.01 Å². The summed E-state index contributed by atoms with van der Waals surface area (Å²) in [6.07, 6.45) is 1.56. The normalized spacial score (nSPS) is 9.77. The van der Waals surface area contributed by atoms with Crippen molar-refractivity contribution < 1.29 is 4.74 Å². The molecule has 0 aliphatic carbocycles. The molecule has 70 valence electrons. The minimum Gasteiger partial charge on any atom is -0.459 e. The summed E-state index contributed by atoms with van der Waals surface area (Å²) in [6.45, 7) is 3.75. The lowest BCUT2D eigenvalue weighted by Crippen LogP contribution is -1.99. The van der Waals surface area contributed by atoms with Crippen molar-refractivity contribution in [2.45, 2.75) is 0 Å². The van der Waals surface area contributed by atoms with Crippen molar-refractivity contribution in [3.05, 3.63) is 28.0 Å². The van der Waals surface area contributed by atoms with Crippen LogP contribution in [0.1, 0.15) is 0 Å². The van der Waals surface area contributed by atoms with Crippen LogP contribution in [0.15, 0.2) is 12.7 Å². The van der Waals surface area contributed by atoms with Gasteiger partial charge in [-0.3, -0.25) is 0 Å². The number of aromatic nitrogens is 2. The molecule has 0 fully saturated rings. The van der Waals surface area contributed by atoms with Gasteiger partial charge in [-0.1, -0.05) is 47.5 Å². The molecule has 0 radical (unpaired) electrons. The zero-order chi connectivity index (χ0) is 9.84. The molecular formula is C7H5Cl3N2O. The topological polar surface area (TPSA) is 35.0 Å². The zero-order valence-electron chi connectivity index (χ0n) is 6.43. The van der Waals surface area contributed by atoms with Crippen molar-refractivity contribution in [3.63, 3.8) is 0 Å². The van der Waals surface area contributed by atoms with E-state index in [4.69, 9.17) is 39.5 Å². The van der Waals surface area contributed by atoms with Crippen molar-refractivity contribution in [1.82, 2.24) is 9.97 Å². The minimum absolute atomic E-state index is 0.0701. The Morgan fingerprint density at radius 1 is 1.23 bits per heavy atom. The first kappa shape index (κ1) is 10.6. The van der Waals surface area contributed by atoms with Gasteiger partial charge in [-0.25, -0.2) is 0 Å². The lowest BCUT2D eigenvalue weighted by atomic mass is 10.6. The summed E-state index contributed by atoms with van der Waals surface area (Å²) in [7, 11) is 0. The number of hydrogen-bond donors (Lipinski definition) is 0. The van der Waals surface area contributed by atoms with Gasteiger partial charge < -0.3 is 4.74 Å². The predicted octanol–water partition coefficient (Wildman–Crippen LogP) is 3.00. The van der Waals surface area contributed by atoms with Crippen LogP contribution in [0, 0.1) is 0 Å². The summed E-state index contributed by atoms with van der Waals surface area (Å²) < 4.78 is 5.00. The third kappa shape index (κ3) is 2.72. The van der Waals surface area contributed by atoms with Crippen LogP contribution in [-0.2, 0) is 0 Å². The number of ether oxygens (including phenoxy) is 1. The molecule has 1 heterocycles. The van der Waals surface area contributed by atoms with Crippen LogP contribution in [0.5, 0.6) is 6.01 Å². The van der Waals surface area contributed by atoms with Gasteiger partial charge in [0.05, 0.1) is 0 Å². The molecular weight excluding hydrogens is 234 g/mol. The second kappa shape index (κ2) is 4.65. The lowest BCUT2D eigenvalue weighted by molar-refractivity contribution is 0.333. The molecule has 1 aromatic rings. The average Bonchev–Trinajstić information content (AvgIpc) is 2.10. The summed E-state index contributed by atoms with van der Waals surface area (Å²) in [5, 5.41) is 0.260. The van der Waals surface area contributed by atoms with Crippen LogP contribution in [0.4, 0.5) is 0 Å². The highest BCUT2D eigenvalue weighted by molar-refractivity contribution is 6.46. The molecule has 0 unspecified atom stereocenters. The maximum absolute atomic E-state index is 5.62. The van der Waals surface area contributed by atoms with Crippen LogP contribution >= 0.6 is 34.8 Å². The molecule has 6 heteroatoms. The van der Waals surface area contributed by atoms with E-state index >= 15 is 0 Å². The molecule has 0 saturated heterocycles. The Bertz CT molecular complexity index is 307. The van der Waals surface area contributed by atoms with E-state index in [-0.39, 0.29) is 27.9 Å². The average molecular weight is 239 g/mol. The van der Waals surface area contributed by atoms with Gasteiger partial charge in [0.2, 0.25) is 0 Å². The zero-order valence-corrected chi connectivity index (χ0v) is 8.70. The second-order valence-corrected chi connectivity index (χ2v) is 3.10. The molecule has 0 aromatic carbocycles. The maximum atomic E-state index is 5.62. The van der Waals surface area contributed by atoms with Gasteiger partial charge in [0, 0.05) is 0 Å². The smallest absolute Gasteiger partial charge is 0.319 e. The van der Waals surface area contributed by atoms with E-state index in [1.807, 2.05) is 0 Å². The summed E-state index contributed by atoms with van der Waals surface area (Å²) in [5.74, 6) is 0. The van der Waals surface area contributed by atoms with Crippen molar-refractivity contribution in [1.29, 1.82) is 0 Å². The molecule has 0 atom stereocenters. The van der Waals surface area contributed by atoms with Crippen molar-refractivity contribution in [2.75, 3.05) is 6.61 Å². The highest BCUT2D eigenvalue weighted by Gasteiger charge is 2.09. The first-order valence-electron chi connectivity index (χ1n) is 3.27. The van der Waals surface area contributed by atoms with E-state index in [1.165, 1.54) is 0 Å². The number of hydrogen-bond acceptors (Lipinski definition) is 3. The SMILES string of the molecule is C=CCOc1nc(Cl)c(Cl)c(Cl)n1. The second-order valence-electron chi connectivity index (χ2n) is 2.00. The van der Waals surface area contributed by atoms with Gasteiger partial charge in [0.25, 0.3) is 0 Å². The van der Waals surface area contributed by atoms with E-state index in [0.717, 1.165) is 0 Å². The van der Waals surface area contributed by atoms with Crippen LogP contribution in [0.25, 0.3) is 0 Å². The largest absolute Gasteiger partial charge is 0.459 e. The predicted molar refractivity (Wildman–Crippen MR) is 52.8 cm³/mol. The van der Waals surface area contributed by atoms with E-state index in [0.29, 0.717) is 0 Å². The molecule has 3 nitrogen and oxygen atoms in total. The van der Waals surface area contributed by atoms with Gasteiger partial charge in [-0.05, 0) is 0 Å². The quantitative estimate of drug-likeness (QED) is 0.601. The molecule has 1 aromatic heterocycles. The molecule has 1 rings (SSSR count). The summed E-state index contributed by atoms with van der Waals surface area (Å²) in [4.78, 5) is 7.48. The monoisotopic (exact) mass is 238 g/mol. The fraction of sp³-hybridized carbons (Fsp3) is 0.143. The number of nitrogens with zero attached hydrogens (tertiary/aromatic N) is 2. The van der Waals surface area contributed by atoms with Gasteiger partial charge in [0.1, 0.15) is 11.6 Å². The highest BCUT2D eigenvalue weighted by atomic mass is 35.5. The molecule has 0 spiro atoms. The van der Waals surface area contributed by atoms with Crippen LogP contribution < -0.4 is 4.74 Å². The first-order valence-corrected chi connectivity index (χ1v) is 4.40. The molecule has 0 aliphatic heterocycles. The third-order valence-corrected chi connectivity index (χ3v) is 2.18. The Balaban J connectivity index is 2.92. The minimum atomic E-state index is 0.0701. The highest BCUT2D eigenvalue weighted by Crippen LogP contribution is 2.28. The molecule has 0 bridgehead atoms. The number of halogens is 3. The van der Waals surface area contributed by atoms with Crippen LogP contribution in [-0.4, -0.2) is 16.6 Å². The van der Waals surface area contributed by atoms with Crippen molar-refractivity contribution in [2.24, 2.45) is 0 Å². The third-order valence-electron chi connectivity index (χ3n) is 1.08. The van der Waals surface area contributed by atoms with Gasteiger partial charge in [-0.2, -0.15) is 9.97 Å². The fourth-order valence-corrected chi connectivity index (χ4v) is 1.03. The summed E-state index contributed by atoms with van der Waals surface area (Å²) >= 11 is 16.9. The maximum Gasteiger partial charge on any atom is 0.319 e. The van der Waals surface area contributed by atoms with Crippen molar-refractivity contribution >= 4 is 34.8 Å². The van der Waals surface area contributed by atoms with Crippen LogP contribution in [0.2, 0.25) is 15.3 Å². The Kier molecular flexibility index (Phi) is 3.78. The fourth-order valence-electron chi connectivity index (χ4n) is 0.574. The molecule has 0 saturated carbocycles. The number of rotatable bonds is 3. The Morgan fingerprint density at radius 2 is 1.77 bits per heavy atom. The lowest BCUT2D eigenvalue weighted by Gasteiger charge is -2.02. The van der Waals surface area contributed by atoms with Crippen LogP contribution in [0.3, 0.4) is 0 Å². The van der Waals surface area contributed by atoms with E-state index < -0.39 is 0 Å². The van der Waals surface area contributed by atoms with Gasteiger partial charge in [-0.15, -0.1) is 0 Å². The van der Waals surface area contributed by atoms with E-state index in [2.05, 4.69) is 16.5 Å². The Morgan fingerprint density at radius 3 is 2.23 bits per heavy atom. The Hall–Kier alpha value is -0.510.